The van der Waals surface area contributed by atoms with Crippen molar-refractivity contribution in [3.05, 3.63) is 27.8 Å². The molecule has 0 bridgehead atoms. The number of carbonyl (C=O) groups excluding carboxylic acids is 2. The van der Waals surface area contributed by atoms with Gasteiger partial charge in [-0.1, -0.05) is 0 Å². The van der Waals surface area contributed by atoms with Crippen LogP contribution in [0.5, 0.6) is 0 Å². The molecule has 0 heterocycles. The third-order valence-electron chi connectivity index (χ3n) is 1.44. The Hall–Kier alpha value is -1.15. The summed E-state index contributed by atoms with van der Waals surface area (Å²) in [5.41, 5.74) is 2.30. The van der Waals surface area contributed by atoms with Gasteiger partial charge in [-0.2, -0.15) is 0 Å². The van der Waals surface area contributed by atoms with Crippen LogP contribution in [-0.2, 0) is 9.59 Å². The van der Waals surface area contributed by atoms with Crippen molar-refractivity contribution in [3.63, 3.8) is 0 Å². The zero-order valence-corrected chi connectivity index (χ0v) is 9.24. The maximum atomic E-state index is 11.0. The number of nitrogens with two attached hydrogens (primary N) is 1. The number of amides is 2. The van der Waals surface area contributed by atoms with Gasteiger partial charge in [0.15, 0.2) is 0 Å². The monoisotopic (exact) mass is 305 g/mol. The van der Waals surface area contributed by atoms with Gasteiger partial charge in [-0.3, -0.25) is 15.0 Å². The molecule has 0 atom stereocenters. The fraction of sp³-hybridized carbons (Fsp3) is 0. The summed E-state index contributed by atoms with van der Waals surface area (Å²) in [6, 6.07) is 7.03. The Balaban J connectivity index is 2.65. The highest BCUT2D eigenvalue weighted by Gasteiger charge is 2.10. The summed E-state index contributed by atoms with van der Waals surface area (Å²) in [5, 5.41) is 2.39. The van der Waals surface area contributed by atoms with Crippen LogP contribution in [0.4, 0.5) is 5.69 Å². The minimum atomic E-state index is -0.872. The molecule has 0 aliphatic rings. The van der Waals surface area contributed by atoms with Gasteiger partial charge in [0.05, 0.1) is 0 Å². The number of hydrazine groups is 1. The number of benzene rings is 1. The summed E-state index contributed by atoms with van der Waals surface area (Å²) in [4.78, 5) is 21.8. The van der Waals surface area contributed by atoms with Crippen molar-refractivity contribution in [3.8, 4) is 0 Å². The Morgan fingerprint density at radius 2 is 1.71 bits per heavy atom. The van der Waals surface area contributed by atoms with E-state index in [1.165, 1.54) is 0 Å². The summed E-state index contributed by atoms with van der Waals surface area (Å²) in [5.74, 6) is 3.13. The standard InChI is InChI=1S/C8H8IN3O2/c9-5-1-3-6(4-2-5)11-7(13)8(14)12-10/h1-4H,10H2,(H,11,13)(H,12,14). The molecular weight excluding hydrogens is 297 g/mol. The van der Waals surface area contributed by atoms with E-state index in [4.69, 9.17) is 5.84 Å². The van der Waals surface area contributed by atoms with Crippen LogP contribution in [0.2, 0.25) is 0 Å². The lowest BCUT2D eigenvalue weighted by molar-refractivity contribution is -0.136. The van der Waals surface area contributed by atoms with Crippen molar-refractivity contribution in [2.24, 2.45) is 5.84 Å². The summed E-state index contributed by atoms with van der Waals surface area (Å²) < 4.78 is 1.05. The predicted molar refractivity (Wildman–Crippen MR) is 60.1 cm³/mol. The number of rotatable bonds is 1. The zero-order chi connectivity index (χ0) is 10.6. The molecule has 1 aromatic rings. The van der Waals surface area contributed by atoms with Crippen molar-refractivity contribution in [1.82, 2.24) is 5.43 Å². The average molecular weight is 305 g/mol. The van der Waals surface area contributed by atoms with Crippen molar-refractivity contribution in [1.29, 1.82) is 0 Å². The SMILES string of the molecule is NNC(=O)C(=O)Nc1ccc(I)cc1. The van der Waals surface area contributed by atoms with Crippen LogP contribution >= 0.6 is 22.6 Å². The van der Waals surface area contributed by atoms with Crippen LogP contribution in [0.15, 0.2) is 24.3 Å². The molecule has 14 heavy (non-hydrogen) atoms. The molecule has 74 valence electrons. The van der Waals surface area contributed by atoms with Crippen LogP contribution in [0.1, 0.15) is 0 Å². The minimum absolute atomic E-state index is 0.555. The van der Waals surface area contributed by atoms with Gasteiger partial charge < -0.3 is 5.32 Å². The van der Waals surface area contributed by atoms with E-state index < -0.39 is 11.8 Å². The van der Waals surface area contributed by atoms with Gasteiger partial charge in [0.2, 0.25) is 0 Å². The largest absolute Gasteiger partial charge is 0.323 e. The predicted octanol–water partition coefficient (Wildman–Crippen LogP) is 0.220. The van der Waals surface area contributed by atoms with E-state index in [1.807, 2.05) is 12.1 Å². The molecule has 1 aromatic carbocycles. The molecular formula is C8H8IN3O2. The first-order valence-electron chi connectivity index (χ1n) is 3.71. The number of hydrogen-bond acceptors (Lipinski definition) is 3. The van der Waals surface area contributed by atoms with Gasteiger partial charge in [0, 0.05) is 9.26 Å². The Labute approximate surface area is 94.2 Å². The van der Waals surface area contributed by atoms with E-state index in [0.717, 1.165) is 3.57 Å². The lowest BCUT2D eigenvalue weighted by Gasteiger charge is -2.03. The van der Waals surface area contributed by atoms with Gasteiger partial charge in [0.25, 0.3) is 0 Å². The van der Waals surface area contributed by atoms with Crippen molar-refractivity contribution in [2.45, 2.75) is 0 Å². The molecule has 0 saturated heterocycles. The van der Waals surface area contributed by atoms with Crippen LogP contribution in [0, 0.1) is 3.57 Å². The zero-order valence-electron chi connectivity index (χ0n) is 7.08. The fourth-order valence-electron chi connectivity index (χ4n) is 0.787. The third kappa shape index (κ3) is 2.96. The Kier molecular flexibility index (Phi) is 3.84. The van der Waals surface area contributed by atoms with E-state index in [2.05, 4.69) is 27.9 Å². The highest BCUT2D eigenvalue weighted by atomic mass is 127. The summed E-state index contributed by atoms with van der Waals surface area (Å²) in [6.45, 7) is 0. The van der Waals surface area contributed by atoms with E-state index in [9.17, 15) is 9.59 Å². The minimum Gasteiger partial charge on any atom is -0.318 e. The first-order chi connectivity index (χ1) is 6.63. The molecule has 0 aliphatic carbocycles. The molecule has 0 unspecified atom stereocenters. The van der Waals surface area contributed by atoms with E-state index in [0.29, 0.717) is 5.69 Å². The van der Waals surface area contributed by atoms with Gasteiger partial charge in [-0.15, -0.1) is 0 Å². The lowest BCUT2D eigenvalue weighted by atomic mass is 10.3. The topological polar surface area (TPSA) is 84.2 Å². The maximum absolute atomic E-state index is 11.0. The lowest BCUT2D eigenvalue weighted by Crippen LogP contribution is -2.39. The van der Waals surface area contributed by atoms with Crippen molar-refractivity contribution < 1.29 is 9.59 Å². The Morgan fingerprint density at radius 1 is 1.14 bits per heavy atom. The van der Waals surface area contributed by atoms with Crippen LogP contribution < -0.4 is 16.6 Å². The molecule has 1 rings (SSSR count). The number of halogens is 1. The van der Waals surface area contributed by atoms with Crippen LogP contribution in [-0.4, -0.2) is 11.8 Å². The highest BCUT2D eigenvalue weighted by molar-refractivity contribution is 14.1. The molecule has 0 spiro atoms. The van der Waals surface area contributed by atoms with E-state index >= 15 is 0 Å². The molecule has 0 fully saturated rings. The van der Waals surface area contributed by atoms with Crippen molar-refractivity contribution >= 4 is 40.1 Å². The first kappa shape index (κ1) is 10.9. The van der Waals surface area contributed by atoms with Gasteiger partial charge in [-0.05, 0) is 46.9 Å². The summed E-state index contributed by atoms with van der Waals surface area (Å²) >= 11 is 2.14. The number of nitrogens with one attached hydrogen (secondary N) is 2. The molecule has 4 N–H and O–H groups in total. The molecule has 0 saturated carbocycles. The summed E-state index contributed by atoms with van der Waals surface area (Å²) in [6.07, 6.45) is 0. The van der Waals surface area contributed by atoms with E-state index in [1.54, 1.807) is 17.6 Å². The van der Waals surface area contributed by atoms with Crippen LogP contribution in [0.3, 0.4) is 0 Å². The second-order valence-corrected chi connectivity index (χ2v) is 3.68. The molecule has 0 aliphatic heterocycles. The van der Waals surface area contributed by atoms with Gasteiger partial charge >= 0.3 is 11.8 Å². The van der Waals surface area contributed by atoms with Gasteiger partial charge in [0.1, 0.15) is 0 Å². The molecule has 2 amide bonds. The normalized spacial score (nSPS) is 9.29. The number of anilines is 1. The average Bonchev–Trinajstić information content (AvgIpc) is 2.20. The molecule has 6 heteroatoms. The highest BCUT2D eigenvalue weighted by Crippen LogP contribution is 2.10. The van der Waals surface area contributed by atoms with Crippen LogP contribution in [0.25, 0.3) is 0 Å². The van der Waals surface area contributed by atoms with Gasteiger partial charge in [-0.25, -0.2) is 5.84 Å². The smallest absolute Gasteiger partial charge is 0.318 e. The molecule has 0 aromatic heterocycles. The molecule has 0 radical (unpaired) electrons. The Bertz CT molecular complexity index is 350. The number of carbonyl (C=O) groups is 2. The maximum Gasteiger partial charge on any atom is 0.323 e. The first-order valence-corrected chi connectivity index (χ1v) is 4.79. The number of hydrogen-bond donors (Lipinski definition) is 3. The fourth-order valence-corrected chi connectivity index (χ4v) is 1.15. The Morgan fingerprint density at radius 3 is 2.21 bits per heavy atom. The van der Waals surface area contributed by atoms with E-state index in [-0.39, 0.29) is 0 Å². The molecule has 5 nitrogen and oxygen atoms in total. The quantitative estimate of drug-likeness (QED) is 0.228. The second-order valence-electron chi connectivity index (χ2n) is 2.43. The van der Waals surface area contributed by atoms with Crippen molar-refractivity contribution in [2.75, 3.05) is 5.32 Å². The second kappa shape index (κ2) is 4.91. The third-order valence-corrected chi connectivity index (χ3v) is 2.16. The summed E-state index contributed by atoms with van der Waals surface area (Å²) in [7, 11) is 0.